The van der Waals surface area contributed by atoms with Crippen LogP contribution < -0.4 is 0 Å². The van der Waals surface area contributed by atoms with E-state index in [-0.39, 0.29) is 49.8 Å². The van der Waals surface area contributed by atoms with E-state index in [1.54, 1.807) is 0 Å². The van der Waals surface area contributed by atoms with E-state index in [0.717, 1.165) is 0 Å². The fourth-order valence-electron chi connectivity index (χ4n) is 1.97. The van der Waals surface area contributed by atoms with Crippen LogP contribution in [-0.2, 0) is 39.0 Å². The molecule has 0 N–H and O–H groups in total. The smallest absolute Gasteiger partial charge is 0.528 e. The van der Waals surface area contributed by atoms with Crippen LogP contribution in [0.1, 0.15) is 41.5 Å². The van der Waals surface area contributed by atoms with Crippen LogP contribution in [0.15, 0.2) is 24.6 Å². The zero-order chi connectivity index (χ0) is 14.1. The van der Waals surface area contributed by atoms with Gasteiger partial charge >= 0.3 is 19.5 Å². The zero-order valence-corrected chi connectivity index (χ0v) is 17.4. The van der Waals surface area contributed by atoms with Gasteiger partial charge in [-0.15, -0.1) is 10.8 Å². The van der Waals surface area contributed by atoms with Crippen LogP contribution >= 0.6 is 0 Å². The number of hydrogen-bond acceptors (Lipinski definition) is 2. The number of rotatable bonds is 0. The quantitative estimate of drug-likeness (QED) is 0.406. The van der Waals surface area contributed by atoms with Gasteiger partial charge in [-0.25, -0.2) is 12.1 Å². The van der Waals surface area contributed by atoms with Crippen LogP contribution in [0, 0.1) is 22.9 Å². The van der Waals surface area contributed by atoms with Crippen molar-refractivity contribution in [1.29, 1.82) is 0 Å². The van der Waals surface area contributed by atoms with Crippen molar-refractivity contribution in [3.63, 3.8) is 0 Å². The monoisotopic (exact) mass is 452 g/mol. The van der Waals surface area contributed by atoms with Crippen molar-refractivity contribution in [2.45, 2.75) is 41.5 Å². The molecule has 0 aromatic carbocycles. The largest absolute Gasteiger partial charge is 2.00 e. The molecule has 2 aliphatic heterocycles. The van der Waals surface area contributed by atoms with Crippen LogP contribution in [0.5, 0.6) is 0 Å². The molecule has 0 bridgehead atoms. The Labute approximate surface area is 151 Å². The van der Waals surface area contributed by atoms with Gasteiger partial charge in [0, 0.05) is 19.5 Å². The summed E-state index contributed by atoms with van der Waals surface area (Å²) in [6.07, 6.45) is 8.69. The molecule has 0 saturated carbocycles. The summed E-state index contributed by atoms with van der Waals surface area (Å²) in [5, 5.41) is 0. The summed E-state index contributed by atoms with van der Waals surface area (Å²) >= 11 is 0. The molecule has 0 atom stereocenters. The van der Waals surface area contributed by atoms with Crippen LogP contribution in [-0.4, -0.2) is 23.9 Å². The van der Waals surface area contributed by atoms with E-state index in [1.165, 1.54) is 12.1 Å². The Morgan fingerprint density at radius 2 is 1.00 bits per heavy atom. The maximum absolute atomic E-state index is 2.22. The van der Waals surface area contributed by atoms with Crippen molar-refractivity contribution >= 4 is 0 Å². The standard InChI is InChI=1S/2C8H14N.2Ru/c2*1-7-8(2,3)5-6-9(7)4;;/h2*5-6H,1-4H3;;/q2*-1;;+2. The summed E-state index contributed by atoms with van der Waals surface area (Å²) in [6.45, 7) is 13.2. The predicted octanol–water partition coefficient (Wildman–Crippen LogP) is 4.04. The third-order valence-corrected chi connectivity index (χ3v) is 4.35. The van der Waals surface area contributed by atoms with Crippen molar-refractivity contribution < 1.29 is 39.0 Å². The molecule has 0 fully saturated rings. The second-order valence-corrected chi connectivity index (χ2v) is 6.47. The zero-order valence-electron chi connectivity index (χ0n) is 13.9. The first-order valence-corrected chi connectivity index (χ1v) is 6.60. The van der Waals surface area contributed by atoms with Gasteiger partial charge in [0.1, 0.15) is 0 Å². The summed E-state index contributed by atoms with van der Waals surface area (Å²) in [5.74, 6) is 0. The van der Waals surface area contributed by atoms with Crippen molar-refractivity contribution in [3.05, 3.63) is 36.6 Å². The summed E-state index contributed by atoms with van der Waals surface area (Å²) < 4.78 is 0. The van der Waals surface area contributed by atoms with Gasteiger partial charge in [-0.05, 0) is 26.5 Å². The van der Waals surface area contributed by atoms with Crippen molar-refractivity contribution in [2.24, 2.45) is 10.8 Å². The third-order valence-electron chi connectivity index (χ3n) is 4.35. The summed E-state index contributed by atoms with van der Waals surface area (Å²) in [7, 11) is 4.17. The first-order valence-electron chi connectivity index (χ1n) is 6.60. The van der Waals surface area contributed by atoms with Gasteiger partial charge in [0.25, 0.3) is 0 Å². The Hall–Kier alpha value is 0.327. The van der Waals surface area contributed by atoms with E-state index in [4.69, 9.17) is 0 Å². The van der Waals surface area contributed by atoms with E-state index >= 15 is 0 Å². The minimum atomic E-state index is 0. The minimum absolute atomic E-state index is 0. The van der Waals surface area contributed by atoms with E-state index < -0.39 is 0 Å². The summed E-state index contributed by atoms with van der Waals surface area (Å²) in [5.41, 5.74) is 0.573. The topological polar surface area (TPSA) is 6.48 Å². The Bertz CT molecular complexity index is 314. The van der Waals surface area contributed by atoms with E-state index in [0.29, 0.717) is 0 Å². The van der Waals surface area contributed by atoms with Crippen molar-refractivity contribution in [2.75, 3.05) is 14.1 Å². The van der Waals surface area contributed by atoms with Crippen molar-refractivity contribution in [1.82, 2.24) is 9.80 Å². The maximum atomic E-state index is 2.22. The molecule has 0 saturated heterocycles. The SMILES string of the molecule is C[C-]1N(C)C=CC1(C)C.C[C-]1N(C)C=CC1(C)C.[Ru+2].[Ru]. The average molecular weight is 451 g/mol. The van der Waals surface area contributed by atoms with Crippen LogP contribution in [0.3, 0.4) is 0 Å². The van der Waals surface area contributed by atoms with E-state index in [9.17, 15) is 0 Å². The van der Waals surface area contributed by atoms with Crippen LogP contribution in [0.4, 0.5) is 0 Å². The molecule has 0 aromatic rings. The summed E-state index contributed by atoms with van der Waals surface area (Å²) in [4.78, 5) is 4.33. The van der Waals surface area contributed by atoms with Gasteiger partial charge in [-0.1, -0.05) is 39.8 Å². The summed E-state index contributed by atoms with van der Waals surface area (Å²) in [6, 6.07) is 2.84. The van der Waals surface area contributed by atoms with Gasteiger partial charge in [0.05, 0.1) is 0 Å². The van der Waals surface area contributed by atoms with Crippen LogP contribution in [0.25, 0.3) is 0 Å². The fraction of sp³-hybridized carbons (Fsp3) is 0.625. The Kier molecular flexibility index (Phi) is 9.14. The molecule has 2 nitrogen and oxygen atoms in total. The predicted molar refractivity (Wildman–Crippen MR) is 79.2 cm³/mol. The number of nitrogens with zero attached hydrogens (tertiary/aromatic N) is 2. The first kappa shape index (κ1) is 22.6. The molecule has 0 aromatic heterocycles. The second kappa shape index (κ2) is 8.09. The third kappa shape index (κ3) is 5.26. The Morgan fingerprint density at radius 3 is 1.05 bits per heavy atom. The van der Waals surface area contributed by atoms with Gasteiger partial charge in [-0.2, -0.15) is 13.8 Å². The van der Waals surface area contributed by atoms with Gasteiger partial charge < -0.3 is 9.80 Å². The molecule has 118 valence electrons. The molecule has 0 amide bonds. The van der Waals surface area contributed by atoms with Crippen molar-refractivity contribution in [3.8, 4) is 0 Å². The second-order valence-electron chi connectivity index (χ2n) is 6.47. The molecular weight excluding hydrogens is 422 g/mol. The molecular formula is C16H28N2Ru2. The molecule has 2 aliphatic rings. The van der Waals surface area contributed by atoms with Gasteiger partial charge in [0.15, 0.2) is 0 Å². The molecule has 0 aliphatic carbocycles. The minimum Gasteiger partial charge on any atom is -0.528 e. The van der Waals surface area contributed by atoms with Gasteiger partial charge in [-0.3, -0.25) is 0 Å². The number of hydrogen-bond donors (Lipinski definition) is 0. The van der Waals surface area contributed by atoms with Crippen LogP contribution in [0.2, 0.25) is 0 Å². The molecule has 2 heterocycles. The Balaban J connectivity index is 0. The Morgan fingerprint density at radius 1 is 0.750 bits per heavy atom. The molecule has 0 radical (unpaired) electrons. The average Bonchev–Trinajstić information content (AvgIpc) is 2.65. The van der Waals surface area contributed by atoms with E-state index in [1.807, 2.05) is 0 Å². The molecule has 0 spiro atoms. The molecule has 4 heteroatoms. The van der Waals surface area contributed by atoms with E-state index in [2.05, 4.69) is 90.0 Å². The fourth-order valence-corrected chi connectivity index (χ4v) is 1.97. The van der Waals surface area contributed by atoms with Gasteiger partial charge in [0.2, 0.25) is 0 Å². The molecule has 0 unspecified atom stereocenters. The maximum Gasteiger partial charge on any atom is 2.00 e. The normalized spacial score (nSPS) is 23.0. The first-order chi connectivity index (χ1) is 8.08. The molecule has 20 heavy (non-hydrogen) atoms. The molecule has 2 rings (SSSR count).